The average Bonchev–Trinajstić information content (AvgIpc) is 3.26. The van der Waals surface area contributed by atoms with Crippen molar-refractivity contribution in [2.75, 3.05) is 6.61 Å². The van der Waals surface area contributed by atoms with Crippen LogP contribution in [0.4, 0.5) is 0 Å². The normalized spacial score (nSPS) is 13.9. The van der Waals surface area contributed by atoms with Gasteiger partial charge in [-0.2, -0.15) is 0 Å². The van der Waals surface area contributed by atoms with Crippen LogP contribution in [0.25, 0.3) is 0 Å². The van der Waals surface area contributed by atoms with E-state index in [1.807, 2.05) is 0 Å². The quantitative estimate of drug-likeness (QED) is 0.0309. The van der Waals surface area contributed by atoms with Crippen LogP contribution in [0, 0.1) is 0 Å². The summed E-state index contributed by atoms with van der Waals surface area (Å²) in [4.78, 5) is 12.5. The lowest BCUT2D eigenvalue weighted by Crippen LogP contribution is -2.53. The van der Waals surface area contributed by atoms with E-state index >= 15 is 0 Å². The highest BCUT2D eigenvalue weighted by atomic mass is 16.3. The molecule has 0 fully saturated rings. The summed E-state index contributed by atoms with van der Waals surface area (Å²) < 4.78 is 0. The molecule has 0 radical (unpaired) electrons. The Morgan fingerprint density at radius 1 is 0.393 bits per heavy atom. The third kappa shape index (κ3) is 44.1. The first-order valence-corrected chi connectivity index (χ1v) is 27.6. The Morgan fingerprint density at radius 2 is 0.672 bits per heavy atom. The number of aliphatic hydroxyl groups is 4. The predicted octanol–water partition coefficient (Wildman–Crippen LogP) is 15.7. The predicted molar refractivity (Wildman–Crippen MR) is 265 cm³/mol. The molecule has 5 N–H and O–H groups in total. The van der Waals surface area contributed by atoms with Gasteiger partial charge in [-0.25, -0.2) is 0 Å². The summed E-state index contributed by atoms with van der Waals surface area (Å²) in [6.07, 6.45) is 58.8. The van der Waals surface area contributed by atoms with E-state index in [1.165, 1.54) is 238 Å². The standard InChI is InChI=1S/C55H109NO5/c1-3-5-7-9-11-13-15-16-17-18-19-20-21-22-23-24-25-26-27-28-29-30-31-32-33-34-35-36-37-39-41-43-45-47-49-53(59)55(61)56-51(50-57)54(60)52(58)48-46-44-42-40-38-14-12-10-8-6-4-2/h40,42,51-54,57-60H,3-39,41,43-50H2,1-2H3,(H,56,61)/b42-40+. The minimum absolute atomic E-state index is 0.368. The largest absolute Gasteiger partial charge is 0.394 e. The van der Waals surface area contributed by atoms with Crippen LogP contribution in [0.15, 0.2) is 12.2 Å². The zero-order chi connectivity index (χ0) is 44.5. The van der Waals surface area contributed by atoms with Gasteiger partial charge in [0.2, 0.25) is 5.91 Å². The second kappa shape index (κ2) is 50.1. The zero-order valence-electron chi connectivity index (χ0n) is 41.2. The number of allylic oxidation sites excluding steroid dienone is 2. The number of rotatable bonds is 51. The van der Waals surface area contributed by atoms with Crippen molar-refractivity contribution in [2.24, 2.45) is 0 Å². The molecular formula is C55H109NO5. The molecule has 0 aromatic heterocycles. The van der Waals surface area contributed by atoms with Crippen molar-refractivity contribution in [3.63, 3.8) is 0 Å². The number of amides is 1. The maximum absolute atomic E-state index is 12.5. The molecule has 4 unspecified atom stereocenters. The van der Waals surface area contributed by atoms with Crippen molar-refractivity contribution in [2.45, 2.75) is 327 Å². The second-order valence-electron chi connectivity index (χ2n) is 19.3. The first-order chi connectivity index (χ1) is 30.0. The molecule has 61 heavy (non-hydrogen) atoms. The molecule has 0 heterocycles. The molecule has 6 nitrogen and oxygen atoms in total. The SMILES string of the molecule is CCCCCCCC/C=C/CCCC(O)C(O)C(CO)NC(=O)C(O)CCCCCCCCCCCCCCCCCCCCCCCCCCCCCCCCCCCC. The Morgan fingerprint density at radius 3 is 0.984 bits per heavy atom. The van der Waals surface area contributed by atoms with Gasteiger partial charge >= 0.3 is 0 Å². The molecule has 0 saturated heterocycles. The molecule has 0 aromatic carbocycles. The lowest BCUT2D eigenvalue weighted by molar-refractivity contribution is -0.132. The van der Waals surface area contributed by atoms with Crippen LogP contribution in [0.5, 0.6) is 0 Å². The Hall–Kier alpha value is -0.950. The fourth-order valence-corrected chi connectivity index (χ4v) is 8.88. The van der Waals surface area contributed by atoms with E-state index in [0.29, 0.717) is 12.8 Å². The smallest absolute Gasteiger partial charge is 0.249 e. The minimum Gasteiger partial charge on any atom is -0.394 e. The zero-order valence-corrected chi connectivity index (χ0v) is 41.2. The van der Waals surface area contributed by atoms with Crippen molar-refractivity contribution in [1.82, 2.24) is 5.32 Å². The highest BCUT2D eigenvalue weighted by Gasteiger charge is 2.28. The third-order valence-electron chi connectivity index (χ3n) is 13.2. The van der Waals surface area contributed by atoms with Crippen LogP contribution in [-0.4, -0.2) is 57.3 Å². The summed E-state index contributed by atoms with van der Waals surface area (Å²) >= 11 is 0. The molecule has 0 aliphatic rings. The number of aliphatic hydroxyl groups excluding tert-OH is 4. The van der Waals surface area contributed by atoms with Gasteiger partial charge in [0.15, 0.2) is 0 Å². The summed E-state index contributed by atoms with van der Waals surface area (Å²) in [5, 5.41) is 43.7. The first kappa shape index (κ1) is 60.1. The number of hydrogen-bond acceptors (Lipinski definition) is 5. The number of hydrogen-bond donors (Lipinski definition) is 5. The Balaban J connectivity index is 3.49. The van der Waals surface area contributed by atoms with Crippen LogP contribution in [0.1, 0.15) is 303 Å². The molecule has 4 atom stereocenters. The summed E-state index contributed by atoms with van der Waals surface area (Å²) in [6.45, 7) is 4.04. The van der Waals surface area contributed by atoms with E-state index in [-0.39, 0.29) is 0 Å². The highest BCUT2D eigenvalue weighted by Crippen LogP contribution is 2.18. The van der Waals surface area contributed by atoms with Gasteiger partial charge in [-0.05, 0) is 38.5 Å². The fourth-order valence-electron chi connectivity index (χ4n) is 8.88. The van der Waals surface area contributed by atoms with Gasteiger partial charge in [0.05, 0.1) is 18.8 Å². The van der Waals surface area contributed by atoms with E-state index in [2.05, 4.69) is 31.3 Å². The van der Waals surface area contributed by atoms with Crippen molar-refractivity contribution < 1.29 is 25.2 Å². The fraction of sp³-hybridized carbons (Fsp3) is 0.945. The van der Waals surface area contributed by atoms with Crippen molar-refractivity contribution in [1.29, 1.82) is 0 Å². The molecule has 0 spiro atoms. The molecule has 0 bridgehead atoms. The van der Waals surface area contributed by atoms with E-state index in [4.69, 9.17) is 0 Å². The molecule has 364 valence electrons. The lowest BCUT2D eigenvalue weighted by Gasteiger charge is -2.27. The van der Waals surface area contributed by atoms with E-state index in [9.17, 15) is 25.2 Å². The topological polar surface area (TPSA) is 110 Å². The minimum atomic E-state index is -1.28. The van der Waals surface area contributed by atoms with Gasteiger partial charge in [0.1, 0.15) is 12.2 Å². The van der Waals surface area contributed by atoms with Gasteiger partial charge in [-0.15, -0.1) is 0 Å². The molecule has 0 aliphatic heterocycles. The maximum atomic E-state index is 12.5. The molecule has 0 saturated carbocycles. The number of nitrogens with one attached hydrogen (secondary N) is 1. The van der Waals surface area contributed by atoms with Crippen LogP contribution >= 0.6 is 0 Å². The Labute approximate surface area is 381 Å². The van der Waals surface area contributed by atoms with Gasteiger partial charge in [0, 0.05) is 0 Å². The van der Waals surface area contributed by atoms with E-state index in [0.717, 1.165) is 38.5 Å². The molecule has 6 heteroatoms. The summed E-state index contributed by atoms with van der Waals surface area (Å²) in [7, 11) is 0. The molecule has 1 amide bonds. The van der Waals surface area contributed by atoms with Gasteiger partial charge in [-0.1, -0.05) is 276 Å². The van der Waals surface area contributed by atoms with Crippen molar-refractivity contribution in [3.05, 3.63) is 12.2 Å². The van der Waals surface area contributed by atoms with Gasteiger partial charge in [-0.3, -0.25) is 4.79 Å². The Bertz CT molecular complexity index is 882. The van der Waals surface area contributed by atoms with E-state index in [1.54, 1.807) is 0 Å². The third-order valence-corrected chi connectivity index (χ3v) is 13.2. The van der Waals surface area contributed by atoms with Gasteiger partial charge in [0.25, 0.3) is 0 Å². The summed E-state index contributed by atoms with van der Waals surface area (Å²) in [6, 6.07) is -0.997. The van der Waals surface area contributed by atoms with Crippen LogP contribution in [-0.2, 0) is 4.79 Å². The molecular weight excluding hydrogens is 755 g/mol. The molecule has 0 aliphatic carbocycles. The van der Waals surface area contributed by atoms with Crippen LogP contribution < -0.4 is 5.32 Å². The number of carbonyl (C=O) groups is 1. The average molecular weight is 864 g/mol. The molecule has 0 rings (SSSR count). The van der Waals surface area contributed by atoms with E-state index < -0.39 is 36.9 Å². The molecule has 0 aromatic rings. The number of unbranched alkanes of at least 4 members (excludes halogenated alkanes) is 40. The monoisotopic (exact) mass is 864 g/mol. The van der Waals surface area contributed by atoms with Crippen molar-refractivity contribution >= 4 is 5.91 Å². The van der Waals surface area contributed by atoms with Crippen LogP contribution in [0.2, 0.25) is 0 Å². The first-order valence-electron chi connectivity index (χ1n) is 27.6. The van der Waals surface area contributed by atoms with Crippen LogP contribution in [0.3, 0.4) is 0 Å². The van der Waals surface area contributed by atoms with Crippen molar-refractivity contribution in [3.8, 4) is 0 Å². The maximum Gasteiger partial charge on any atom is 0.249 e. The van der Waals surface area contributed by atoms with Gasteiger partial charge < -0.3 is 25.7 Å². The number of carbonyl (C=O) groups excluding carboxylic acids is 1. The Kier molecular flexibility index (Phi) is 49.3. The summed E-state index contributed by atoms with van der Waals surface area (Å²) in [5.74, 6) is -0.589. The summed E-state index contributed by atoms with van der Waals surface area (Å²) in [5.41, 5.74) is 0. The lowest BCUT2D eigenvalue weighted by atomic mass is 10.00. The second-order valence-corrected chi connectivity index (χ2v) is 19.3. The highest BCUT2D eigenvalue weighted by molar-refractivity contribution is 5.80.